The number of nitrogens with zero attached hydrogens (tertiary/aromatic N) is 7. The number of rotatable bonds is 4. The molecule has 12 nitrogen and oxygen atoms in total. The average Bonchev–Trinajstić information content (AvgIpc) is 3.61. The van der Waals surface area contributed by atoms with Crippen molar-refractivity contribution in [2.24, 2.45) is 5.92 Å². The van der Waals surface area contributed by atoms with Gasteiger partial charge in [0.05, 0.1) is 12.6 Å². The van der Waals surface area contributed by atoms with E-state index in [1.54, 1.807) is 27.8 Å². The third-order valence-electron chi connectivity index (χ3n) is 7.06. The first-order valence-electron chi connectivity index (χ1n) is 14.0. The fraction of sp³-hybridized carbons (Fsp3) is 0.414. The van der Waals surface area contributed by atoms with Crippen molar-refractivity contribution in [3.63, 3.8) is 0 Å². The molecule has 12 heteroatoms. The summed E-state index contributed by atoms with van der Waals surface area (Å²) in [6, 6.07) is 13.7. The highest BCUT2D eigenvalue weighted by atomic mass is 16.2. The molecule has 3 aromatic heterocycles. The van der Waals surface area contributed by atoms with Gasteiger partial charge >= 0.3 is 0 Å². The van der Waals surface area contributed by atoms with Crippen LogP contribution in [0.5, 0.6) is 0 Å². The van der Waals surface area contributed by atoms with Crippen molar-refractivity contribution in [3.05, 3.63) is 66.4 Å². The van der Waals surface area contributed by atoms with E-state index in [1.165, 1.54) is 10.8 Å². The topological polar surface area (TPSA) is 139 Å². The number of nitrogens with one attached hydrogen (secondary N) is 2. The predicted molar refractivity (Wildman–Crippen MR) is 152 cm³/mol. The Hall–Kier alpha value is -4.61. The summed E-state index contributed by atoms with van der Waals surface area (Å²) in [6.07, 6.45) is 2.52. The van der Waals surface area contributed by atoms with Gasteiger partial charge < -0.3 is 15.5 Å². The summed E-state index contributed by atoms with van der Waals surface area (Å²) < 4.78 is 3.27. The summed E-state index contributed by atoms with van der Waals surface area (Å²) in [7, 11) is 0. The second kappa shape index (κ2) is 12.3. The lowest BCUT2D eigenvalue weighted by atomic mass is 10.0. The Bertz CT molecular complexity index is 1530. The minimum atomic E-state index is -0.680. The zero-order valence-electron chi connectivity index (χ0n) is 23.5. The third kappa shape index (κ3) is 6.42. The zero-order valence-corrected chi connectivity index (χ0v) is 23.5. The van der Waals surface area contributed by atoms with Crippen molar-refractivity contribution < 1.29 is 14.4 Å². The van der Waals surface area contributed by atoms with Crippen LogP contribution in [0.2, 0.25) is 0 Å². The van der Waals surface area contributed by atoms with E-state index in [-0.39, 0.29) is 30.1 Å². The summed E-state index contributed by atoms with van der Waals surface area (Å²) >= 11 is 0. The van der Waals surface area contributed by atoms with Gasteiger partial charge in [-0.1, -0.05) is 50.2 Å². The average molecular weight is 558 g/mol. The van der Waals surface area contributed by atoms with Gasteiger partial charge in [-0.25, -0.2) is 19.2 Å². The Morgan fingerprint density at radius 3 is 2.61 bits per heavy atom. The maximum Gasteiger partial charge on any atom is 0.272 e. The van der Waals surface area contributed by atoms with Gasteiger partial charge in [0.2, 0.25) is 11.8 Å². The van der Waals surface area contributed by atoms with Gasteiger partial charge in [-0.15, -0.1) is 0 Å². The number of amides is 3. The molecule has 214 valence electrons. The highest BCUT2D eigenvalue weighted by Crippen LogP contribution is 2.20. The van der Waals surface area contributed by atoms with Crippen LogP contribution in [-0.4, -0.2) is 71.1 Å². The predicted octanol–water partition coefficient (Wildman–Crippen LogP) is 2.63. The number of aromatic nitrogens is 6. The van der Waals surface area contributed by atoms with Gasteiger partial charge in [0.1, 0.15) is 23.9 Å². The molecule has 1 aromatic carbocycles. The van der Waals surface area contributed by atoms with Crippen LogP contribution in [0.1, 0.15) is 62.4 Å². The zero-order chi connectivity index (χ0) is 28.9. The van der Waals surface area contributed by atoms with E-state index >= 15 is 0 Å². The molecule has 3 amide bonds. The molecule has 0 unspecified atom stereocenters. The van der Waals surface area contributed by atoms with Crippen molar-refractivity contribution in [2.75, 3.05) is 13.1 Å². The summed E-state index contributed by atoms with van der Waals surface area (Å²) in [5, 5.41) is 14.9. The quantitative estimate of drug-likeness (QED) is 0.393. The minimum absolute atomic E-state index is 0.182. The van der Waals surface area contributed by atoms with Crippen molar-refractivity contribution in [2.45, 2.75) is 58.7 Å². The van der Waals surface area contributed by atoms with Crippen molar-refractivity contribution >= 4 is 23.4 Å². The highest BCUT2D eigenvalue weighted by molar-refractivity contribution is 5.93. The molecule has 0 saturated heterocycles. The molecule has 0 bridgehead atoms. The SMILES string of the molecule is CC(C)C[C@H]1NC(=O)CCCN(C(=O)c2cccc3ncnn23)CCn2nc(-c3ccccc3)nc2[C@@H](C)NC1=O. The van der Waals surface area contributed by atoms with E-state index in [0.29, 0.717) is 55.5 Å². The standard InChI is InChI=1S/C29H35N9O3/c1-19(2)17-22-28(40)32-20(3)27-34-26(21-9-5-4-6-10-21)35-37(27)16-15-36(14-8-13-25(39)33-22)29(41)23-11-7-12-24-30-18-31-38(23)24/h4-7,9-12,18-20,22H,8,13-17H2,1-3H3,(H,32,40)(H,33,39)/t20-,22-/m1/s1. The molecule has 2 atom stereocenters. The first-order valence-corrected chi connectivity index (χ1v) is 14.0. The molecular formula is C29H35N9O3. The molecule has 4 heterocycles. The number of carbonyl (C=O) groups is 3. The van der Waals surface area contributed by atoms with Gasteiger partial charge in [0.15, 0.2) is 11.5 Å². The molecule has 2 N–H and O–H groups in total. The summed E-state index contributed by atoms with van der Waals surface area (Å²) in [4.78, 5) is 50.7. The Labute approximate surface area is 238 Å². The molecule has 0 saturated carbocycles. The number of fused-ring (bicyclic) bond motifs is 2. The second-order valence-corrected chi connectivity index (χ2v) is 10.7. The summed E-state index contributed by atoms with van der Waals surface area (Å²) in [5.74, 6) is 0.581. The molecule has 1 aliphatic rings. The van der Waals surface area contributed by atoms with Crippen LogP contribution in [0.4, 0.5) is 0 Å². The molecule has 0 spiro atoms. The smallest absolute Gasteiger partial charge is 0.272 e. The van der Waals surface area contributed by atoms with E-state index in [2.05, 4.69) is 20.7 Å². The van der Waals surface area contributed by atoms with Gasteiger partial charge in [-0.3, -0.25) is 14.4 Å². The highest BCUT2D eigenvalue weighted by Gasteiger charge is 2.27. The van der Waals surface area contributed by atoms with E-state index in [9.17, 15) is 14.4 Å². The van der Waals surface area contributed by atoms with Crippen molar-refractivity contribution in [3.8, 4) is 11.4 Å². The molecule has 0 fully saturated rings. The summed E-state index contributed by atoms with van der Waals surface area (Å²) in [6.45, 7) is 6.86. The van der Waals surface area contributed by atoms with Crippen LogP contribution in [-0.2, 0) is 16.1 Å². The molecule has 1 aliphatic heterocycles. The van der Waals surface area contributed by atoms with Gasteiger partial charge in [0.25, 0.3) is 5.91 Å². The molecule has 41 heavy (non-hydrogen) atoms. The van der Waals surface area contributed by atoms with E-state index in [0.717, 1.165) is 5.56 Å². The first kappa shape index (κ1) is 27.9. The number of hydrogen-bond donors (Lipinski definition) is 2. The molecular weight excluding hydrogens is 522 g/mol. The van der Waals surface area contributed by atoms with Gasteiger partial charge in [0, 0.05) is 25.1 Å². The lowest BCUT2D eigenvalue weighted by Gasteiger charge is -2.26. The van der Waals surface area contributed by atoms with Crippen LogP contribution in [0.25, 0.3) is 17.0 Å². The van der Waals surface area contributed by atoms with Crippen LogP contribution in [0, 0.1) is 5.92 Å². The Morgan fingerprint density at radius 2 is 1.83 bits per heavy atom. The molecule has 5 rings (SSSR count). The monoisotopic (exact) mass is 557 g/mol. The molecule has 4 aromatic rings. The lowest BCUT2D eigenvalue weighted by molar-refractivity contribution is -0.129. The van der Waals surface area contributed by atoms with Gasteiger partial charge in [-0.2, -0.15) is 10.2 Å². The van der Waals surface area contributed by atoms with E-state index in [1.807, 2.05) is 51.1 Å². The van der Waals surface area contributed by atoms with Crippen LogP contribution in [0.3, 0.4) is 0 Å². The normalized spacial score (nSPS) is 19.0. The van der Waals surface area contributed by atoms with E-state index < -0.39 is 12.1 Å². The fourth-order valence-corrected chi connectivity index (χ4v) is 5.03. The van der Waals surface area contributed by atoms with E-state index in [4.69, 9.17) is 10.1 Å². The number of pyridine rings is 1. The maximum atomic E-state index is 13.8. The largest absolute Gasteiger partial charge is 0.345 e. The summed E-state index contributed by atoms with van der Waals surface area (Å²) in [5.41, 5.74) is 1.80. The minimum Gasteiger partial charge on any atom is -0.345 e. The lowest BCUT2D eigenvalue weighted by Crippen LogP contribution is -2.48. The van der Waals surface area contributed by atoms with Crippen molar-refractivity contribution in [1.29, 1.82) is 0 Å². The fourth-order valence-electron chi connectivity index (χ4n) is 5.03. The van der Waals surface area contributed by atoms with Crippen molar-refractivity contribution in [1.82, 2.24) is 44.9 Å². The Balaban J connectivity index is 1.49. The molecule has 0 radical (unpaired) electrons. The Kier molecular flexibility index (Phi) is 8.37. The third-order valence-corrected chi connectivity index (χ3v) is 7.06. The van der Waals surface area contributed by atoms with Crippen LogP contribution >= 0.6 is 0 Å². The second-order valence-electron chi connectivity index (χ2n) is 10.7. The number of carbonyl (C=O) groups excluding carboxylic acids is 3. The van der Waals surface area contributed by atoms with Crippen LogP contribution < -0.4 is 10.6 Å². The first-order chi connectivity index (χ1) is 19.8. The number of hydrogen-bond acceptors (Lipinski definition) is 7. The number of benzene rings is 1. The van der Waals surface area contributed by atoms with Crippen LogP contribution in [0.15, 0.2) is 54.9 Å². The van der Waals surface area contributed by atoms with Gasteiger partial charge in [-0.05, 0) is 37.8 Å². The maximum absolute atomic E-state index is 13.8. The molecule has 0 aliphatic carbocycles. The Morgan fingerprint density at radius 1 is 1.02 bits per heavy atom.